The van der Waals surface area contributed by atoms with Gasteiger partial charge in [-0.3, -0.25) is 9.36 Å². The Kier molecular flexibility index (Phi) is 3.19. The molecule has 2 heterocycles. The van der Waals surface area contributed by atoms with Crippen LogP contribution in [0.25, 0.3) is 5.69 Å². The Labute approximate surface area is 132 Å². The number of nitrogens with zero attached hydrogens (tertiary/aromatic N) is 2. The lowest BCUT2D eigenvalue weighted by Crippen LogP contribution is -2.25. The second-order valence-electron chi connectivity index (χ2n) is 5.51. The lowest BCUT2D eigenvalue weighted by molar-refractivity contribution is -0.116. The van der Waals surface area contributed by atoms with E-state index in [0.717, 1.165) is 5.69 Å². The number of nitrogens with one attached hydrogen (secondary N) is 1. The fraction of sp³-hybridized carbons (Fsp3) is 0.111. The van der Waals surface area contributed by atoms with E-state index in [1.165, 1.54) is 6.07 Å². The summed E-state index contributed by atoms with van der Waals surface area (Å²) >= 11 is 0. The zero-order valence-electron chi connectivity index (χ0n) is 12.2. The van der Waals surface area contributed by atoms with Crippen LogP contribution in [-0.4, -0.2) is 15.5 Å². The number of para-hydroxylation sites is 1. The number of carbonyl (C=O) groups excluding carboxylic acids is 1. The van der Waals surface area contributed by atoms with Crippen molar-refractivity contribution in [3.05, 3.63) is 78.0 Å². The van der Waals surface area contributed by atoms with Gasteiger partial charge in [-0.15, -0.1) is 0 Å². The highest BCUT2D eigenvalue weighted by molar-refractivity contribution is 5.94. The fourth-order valence-corrected chi connectivity index (χ4v) is 3.01. The first kappa shape index (κ1) is 13.7. The number of hydrogen-bond acceptors (Lipinski definition) is 2. The Balaban J connectivity index is 1.85. The van der Waals surface area contributed by atoms with Crippen LogP contribution in [-0.2, 0) is 4.79 Å². The molecule has 0 aliphatic carbocycles. The highest BCUT2D eigenvalue weighted by Crippen LogP contribution is 2.38. The van der Waals surface area contributed by atoms with Crippen molar-refractivity contribution < 1.29 is 9.18 Å². The van der Waals surface area contributed by atoms with Crippen molar-refractivity contribution in [2.75, 3.05) is 5.32 Å². The predicted octanol–water partition coefficient (Wildman–Crippen LogP) is 3.49. The van der Waals surface area contributed by atoms with Crippen LogP contribution in [0.1, 0.15) is 23.6 Å². The minimum atomic E-state index is -0.370. The Morgan fingerprint density at radius 3 is 2.61 bits per heavy atom. The maximum Gasteiger partial charge on any atom is 0.226 e. The van der Waals surface area contributed by atoms with Crippen molar-refractivity contribution >= 4 is 11.7 Å². The first-order chi connectivity index (χ1) is 11.2. The van der Waals surface area contributed by atoms with Gasteiger partial charge in [0.25, 0.3) is 0 Å². The summed E-state index contributed by atoms with van der Waals surface area (Å²) in [5.74, 6) is -0.207. The molecule has 5 heteroatoms. The van der Waals surface area contributed by atoms with Crippen molar-refractivity contribution in [2.45, 2.75) is 12.3 Å². The number of imidazole rings is 1. The van der Waals surface area contributed by atoms with Gasteiger partial charge < -0.3 is 5.32 Å². The summed E-state index contributed by atoms with van der Waals surface area (Å²) in [5, 5.41) is 2.87. The first-order valence-electron chi connectivity index (χ1n) is 7.41. The van der Waals surface area contributed by atoms with Gasteiger partial charge in [0, 0.05) is 18.0 Å². The van der Waals surface area contributed by atoms with E-state index >= 15 is 0 Å². The minimum absolute atomic E-state index is 0.136. The van der Waals surface area contributed by atoms with Crippen molar-refractivity contribution in [3.63, 3.8) is 0 Å². The largest absolute Gasteiger partial charge is 0.310 e. The lowest BCUT2D eigenvalue weighted by Gasteiger charge is -2.23. The quantitative estimate of drug-likeness (QED) is 0.788. The van der Waals surface area contributed by atoms with Gasteiger partial charge in [0.1, 0.15) is 18.0 Å². The number of anilines is 1. The van der Waals surface area contributed by atoms with Crippen LogP contribution >= 0.6 is 0 Å². The van der Waals surface area contributed by atoms with E-state index in [1.54, 1.807) is 24.5 Å². The Bertz CT molecular complexity index is 873. The second kappa shape index (κ2) is 5.35. The van der Waals surface area contributed by atoms with Gasteiger partial charge in [0.05, 0.1) is 5.69 Å². The first-order valence-corrected chi connectivity index (χ1v) is 7.41. The van der Waals surface area contributed by atoms with Gasteiger partial charge in [-0.05, 0) is 23.8 Å². The third-order valence-corrected chi connectivity index (χ3v) is 4.09. The number of halogens is 1. The second-order valence-corrected chi connectivity index (χ2v) is 5.51. The summed E-state index contributed by atoms with van der Waals surface area (Å²) in [4.78, 5) is 16.6. The molecule has 0 unspecified atom stereocenters. The van der Waals surface area contributed by atoms with E-state index in [4.69, 9.17) is 0 Å². The molecule has 1 atom stereocenters. The molecular formula is C18H14FN3O. The monoisotopic (exact) mass is 307 g/mol. The van der Waals surface area contributed by atoms with Crippen molar-refractivity contribution in [3.8, 4) is 5.69 Å². The molecule has 23 heavy (non-hydrogen) atoms. The molecule has 4 rings (SSSR count). The van der Waals surface area contributed by atoms with Crippen LogP contribution in [0, 0.1) is 5.82 Å². The third kappa shape index (κ3) is 2.30. The fourth-order valence-electron chi connectivity index (χ4n) is 3.01. The highest BCUT2D eigenvalue weighted by Gasteiger charge is 2.32. The van der Waals surface area contributed by atoms with Gasteiger partial charge in [-0.2, -0.15) is 0 Å². The van der Waals surface area contributed by atoms with Crippen LogP contribution in [0.2, 0.25) is 0 Å². The molecule has 0 bridgehead atoms. The number of carbonyl (C=O) groups is 1. The summed E-state index contributed by atoms with van der Waals surface area (Å²) in [6, 6.07) is 16.2. The number of rotatable bonds is 2. The van der Waals surface area contributed by atoms with E-state index in [-0.39, 0.29) is 24.1 Å². The molecule has 0 saturated heterocycles. The van der Waals surface area contributed by atoms with Crippen LogP contribution in [0.4, 0.5) is 10.2 Å². The Morgan fingerprint density at radius 2 is 1.83 bits per heavy atom. The van der Waals surface area contributed by atoms with Gasteiger partial charge >= 0.3 is 0 Å². The molecule has 0 spiro atoms. The molecule has 1 N–H and O–H groups in total. The normalized spacial score (nSPS) is 16.7. The summed E-state index contributed by atoms with van der Waals surface area (Å²) in [7, 11) is 0. The molecule has 1 aliphatic rings. The third-order valence-electron chi connectivity index (χ3n) is 4.09. The molecule has 4 nitrogen and oxygen atoms in total. The van der Waals surface area contributed by atoms with Gasteiger partial charge in [-0.1, -0.05) is 36.4 Å². The lowest BCUT2D eigenvalue weighted by atomic mass is 9.89. The maximum absolute atomic E-state index is 14.2. The summed E-state index contributed by atoms with van der Waals surface area (Å²) in [6.07, 6.45) is 1.86. The van der Waals surface area contributed by atoms with E-state index in [2.05, 4.69) is 10.3 Å². The number of hydrogen-bond donors (Lipinski definition) is 1. The van der Waals surface area contributed by atoms with Gasteiger partial charge in [0.15, 0.2) is 0 Å². The molecule has 1 amide bonds. The SMILES string of the molecule is O=C1C[C@H](c2ccccc2F)c2ncn(-c3ccccc3)c2N1. The average Bonchev–Trinajstić information content (AvgIpc) is 2.99. The van der Waals surface area contributed by atoms with Crippen LogP contribution < -0.4 is 5.32 Å². The topological polar surface area (TPSA) is 46.9 Å². The number of benzene rings is 2. The number of aromatic nitrogens is 2. The molecule has 1 aliphatic heterocycles. The van der Waals surface area contributed by atoms with Crippen LogP contribution in [0.3, 0.4) is 0 Å². The molecular weight excluding hydrogens is 293 g/mol. The summed E-state index contributed by atoms with van der Waals surface area (Å²) in [5.41, 5.74) is 2.09. The molecule has 0 saturated carbocycles. The van der Waals surface area contributed by atoms with Gasteiger partial charge in [-0.25, -0.2) is 9.37 Å². The molecule has 0 radical (unpaired) electrons. The van der Waals surface area contributed by atoms with Crippen molar-refractivity contribution in [1.82, 2.24) is 9.55 Å². The zero-order valence-corrected chi connectivity index (χ0v) is 12.2. The Morgan fingerprint density at radius 1 is 1.09 bits per heavy atom. The Hall–Kier alpha value is -2.95. The van der Waals surface area contributed by atoms with Crippen molar-refractivity contribution in [1.29, 1.82) is 0 Å². The molecule has 1 aromatic heterocycles. The minimum Gasteiger partial charge on any atom is -0.310 e. The maximum atomic E-state index is 14.2. The van der Waals surface area contributed by atoms with Gasteiger partial charge in [0.2, 0.25) is 5.91 Å². The van der Waals surface area contributed by atoms with E-state index in [9.17, 15) is 9.18 Å². The van der Waals surface area contributed by atoms with Crippen molar-refractivity contribution in [2.24, 2.45) is 0 Å². The van der Waals surface area contributed by atoms with Crippen LogP contribution in [0.5, 0.6) is 0 Å². The molecule has 2 aromatic carbocycles. The molecule has 114 valence electrons. The number of amides is 1. The van der Waals surface area contributed by atoms with E-state index < -0.39 is 0 Å². The predicted molar refractivity (Wildman–Crippen MR) is 85.1 cm³/mol. The summed E-state index contributed by atoms with van der Waals surface area (Å²) < 4.78 is 16.0. The molecule has 0 fully saturated rings. The smallest absolute Gasteiger partial charge is 0.226 e. The highest BCUT2D eigenvalue weighted by atomic mass is 19.1. The van der Waals surface area contributed by atoms with Crippen LogP contribution in [0.15, 0.2) is 60.9 Å². The van der Waals surface area contributed by atoms with E-state index in [0.29, 0.717) is 17.1 Å². The summed E-state index contributed by atoms with van der Waals surface area (Å²) in [6.45, 7) is 0. The average molecular weight is 307 g/mol. The number of fused-ring (bicyclic) bond motifs is 1. The molecule has 3 aromatic rings. The zero-order chi connectivity index (χ0) is 15.8. The standard InChI is InChI=1S/C18H14FN3O/c19-15-9-5-4-8-13(15)14-10-16(23)21-18-17(14)20-11-22(18)12-6-2-1-3-7-12/h1-9,11,14H,10H2,(H,21,23)/t14-/m1/s1. The van der Waals surface area contributed by atoms with E-state index in [1.807, 2.05) is 34.9 Å².